The summed E-state index contributed by atoms with van der Waals surface area (Å²) >= 11 is 2.94. The van der Waals surface area contributed by atoms with Gasteiger partial charge in [0, 0.05) is 30.6 Å². The first-order valence-corrected chi connectivity index (χ1v) is 3.58. The quantitative estimate of drug-likeness (QED) is 0.713. The number of hydrogen-bond donors (Lipinski definition) is 0. The van der Waals surface area contributed by atoms with Crippen LogP contribution in [0, 0.1) is 6.85 Å². The van der Waals surface area contributed by atoms with Crippen molar-refractivity contribution in [2.24, 2.45) is 0 Å². The Morgan fingerprint density at radius 2 is 2.45 bits per heavy atom. The van der Waals surface area contributed by atoms with E-state index in [4.69, 9.17) is 13.7 Å². The first-order valence-electron chi connectivity index (χ1n) is 7.78. The van der Waals surface area contributed by atoms with Gasteiger partial charge < -0.3 is 0 Å². The molecule has 60 valence electrons. The molecule has 0 bridgehead atoms. The molecule has 0 unspecified atom stereocenters. The van der Waals surface area contributed by atoms with Gasteiger partial charge in [0.2, 0.25) is 0 Å². The third-order valence-electron chi connectivity index (χ3n) is 1.17. The van der Waals surface area contributed by atoms with Gasteiger partial charge in [0.1, 0.15) is 0 Å². The van der Waals surface area contributed by atoms with Crippen LogP contribution in [0.3, 0.4) is 0 Å². The van der Waals surface area contributed by atoms with Gasteiger partial charge in [-0.2, -0.15) is 0 Å². The molecule has 1 aromatic rings. The van der Waals surface area contributed by atoms with E-state index in [0.717, 1.165) is 12.4 Å². The van der Waals surface area contributed by atoms with Crippen molar-refractivity contribution in [2.45, 2.75) is 26.4 Å². The topological polar surface area (TPSA) is 12.9 Å². The second-order valence-corrected chi connectivity index (χ2v) is 2.77. The van der Waals surface area contributed by atoms with Gasteiger partial charge in [-0.05, 0) is 39.8 Å². The monoisotopic (exact) mass is 223 g/mol. The molecule has 2 heteroatoms. The maximum atomic E-state index is 8.05. The molecule has 0 amide bonds. The minimum atomic E-state index is -3.26. The summed E-state index contributed by atoms with van der Waals surface area (Å²) in [6, 6.07) is 0. The SMILES string of the molecule is [2H]C([2H])([2H])c1c(Br)cncc1C([2H])(C([2H])([2H])[2H])C([2H])([2H])[2H]. The maximum absolute atomic E-state index is 8.05. The number of nitrogens with zero attached hydrogens (tertiary/aromatic N) is 1. The third kappa shape index (κ3) is 1.80. The second-order valence-electron chi connectivity index (χ2n) is 1.92. The van der Waals surface area contributed by atoms with Gasteiger partial charge in [0.15, 0.2) is 0 Å². The molecule has 0 aliphatic rings. The lowest BCUT2D eigenvalue weighted by atomic mass is 10.0. The van der Waals surface area contributed by atoms with Crippen molar-refractivity contribution >= 4 is 15.9 Å². The Labute approximate surface area is 90.0 Å². The van der Waals surface area contributed by atoms with E-state index in [1.165, 1.54) is 0 Å². The van der Waals surface area contributed by atoms with Crippen LogP contribution < -0.4 is 0 Å². The van der Waals surface area contributed by atoms with Crippen molar-refractivity contribution in [3.8, 4) is 0 Å². The van der Waals surface area contributed by atoms with E-state index in [0.29, 0.717) is 0 Å². The highest BCUT2D eigenvalue weighted by molar-refractivity contribution is 9.10. The summed E-state index contributed by atoms with van der Waals surface area (Å²) in [4.78, 5) is 3.63. The Morgan fingerprint density at radius 3 is 3.09 bits per heavy atom. The van der Waals surface area contributed by atoms with Gasteiger partial charge in [-0.1, -0.05) is 13.7 Å². The molecule has 0 aromatic carbocycles. The normalized spacial score (nSPS) is 28.5. The van der Waals surface area contributed by atoms with Crippen molar-refractivity contribution in [1.82, 2.24) is 4.98 Å². The number of hydrogen-bond acceptors (Lipinski definition) is 1. The number of pyridine rings is 1. The van der Waals surface area contributed by atoms with Crippen molar-refractivity contribution < 1.29 is 13.7 Å². The predicted molar refractivity (Wildman–Crippen MR) is 50.8 cm³/mol. The van der Waals surface area contributed by atoms with Crippen LogP contribution in [-0.4, -0.2) is 4.98 Å². The molecular weight excluding hydrogens is 202 g/mol. The zero-order chi connectivity index (χ0) is 16.9. The maximum Gasteiger partial charge on any atom is 0.0413 e. The molecule has 0 saturated heterocycles. The highest BCUT2D eigenvalue weighted by Gasteiger charge is 2.05. The summed E-state index contributed by atoms with van der Waals surface area (Å²) in [5, 5.41) is 0. The molecule has 0 atom stereocenters. The number of halogens is 1. The molecular formula is C9H12BrN. The van der Waals surface area contributed by atoms with Gasteiger partial charge in [-0.25, -0.2) is 0 Å². The molecule has 0 N–H and O–H groups in total. The van der Waals surface area contributed by atoms with E-state index in [9.17, 15) is 0 Å². The van der Waals surface area contributed by atoms with Crippen LogP contribution in [0.25, 0.3) is 0 Å². The number of aromatic nitrogens is 1. The fourth-order valence-electron chi connectivity index (χ4n) is 0.625. The molecule has 1 rings (SSSR count). The van der Waals surface area contributed by atoms with Crippen LogP contribution >= 0.6 is 15.9 Å². The van der Waals surface area contributed by atoms with Gasteiger partial charge >= 0.3 is 0 Å². The first-order chi connectivity index (χ1) is 9.14. The van der Waals surface area contributed by atoms with Crippen molar-refractivity contribution in [2.75, 3.05) is 0 Å². The summed E-state index contributed by atoms with van der Waals surface area (Å²) in [5.41, 5.74) is -1.18. The summed E-state index contributed by atoms with van der Waals surface area (Å²) in [6.45, 7) is -9.32. The lowest BCUT2D eigenvalue weighted by Gasteiger charge is -2.09. The average Bonchev–Trinajstić information content (AvgIpc) is 2.22. The van der Waals surface area contributed by atoms with Gasteiger partial charge in [0.25, 0.3) is 0 Å². The fourth-order valence-corrected chi connectivity index (χ4v) is 0.956. The van der Waals surface area contributed by atoms with Crippen LogP contribution in [0.2, 0.25) is 0 Å². The molecule has 0 aliphatic heterocycles. The Kier molecular flexibility index (Phi) is 0.706. The standard InChI is InChI=1S/C9H12BrN/c1-6(2)8-4-11-5-9(10)7(8)3/h4-6H,1-3H3/i1D3,2D3,3D3,6D. The van der Waals surface area contributed by atoms with Gasteiger partial charge in [-0.3, -0.25) is 4.98 Å². The molecule has 0 spiro atoms. The molecule has 0 radical (unpaired) electrons. The molecule has 0 aliphatic carbocycles. The zero-order valence-corrected chi connectivity index (χ0v) is 7.07. The Balaban J connectivity index is 3.83. The molecule has 0 saturated carbocycles. The Bertz CT molecular complexity index is 515. The van der Waals surface area contributed by atoms with Crippen LogP contribution in [0.1, 0.15) is 44.4 Å². The second kappa shape index (κ2) is 3.35. The summed E-state index contributed by atoms with van der Waals surface area (Å²) in [5.74, 6) is -3.10. The lowest BCUT2D eigenvalue weighted by molar-refractivity contribution is 0.845. The Morgan fingerprint density at radius 1 is 1.64 bits per heavy atom. The fraction of sp³-hybridized carbons (Fsp3) is 0.444. The molecule has 1 heterocycles. The van der Waals surface area contributed by atoms with E-state index in [1.807, 2.05) is 0 Å². The largest absolute Gasteiger partial charge is 0.263 e. The summed E-state index contributed by atoms with van der Waals surface area (Å²) < 4.78 is 74.8. The molecule has 1 nitrogen and oxygen atoms in total. The van der Waals surface area contributed by atoms with Gasteiger partial charge in [0.05, 0.1) is 0 Å². The summed E-state index contributed by atoms with van der Waals surface area (Å²) in [6.07, 6.45) is 1.93. The highest BCUT2D eigenvalue weighted by atomic mass is 79.9. The van der Waals surface area contributed by atoms with Crippen LogP contribution in [0.4, 0.5) is 0 Å². The van der Waals surface area contributed by atoms with E-state index in [2.05, 4.69) is 20.9 Å². The molecule has 1 aromatic heterocycles. The zero-order valence-electron chi connectivity index (χ0n) is 15.5. The van der Waals surface area contributed by atoms with Crippen molar-refractivity contribution in [1.29, 1.82) is 0 Å². The predicted octanol–water partition coefficient (Wildman–Crippen LogP) is 3.28. The van der Waals surface area contributed by atoms with Crippen LogP contribution in [0.15, 0.2) is 16.9 Å². The Hall–Kier alpha value is -0.370. The number of rotatable bonds is 1. The average molecular weight is 224 g/mol. The minimum absolute atomic E-state index is 0.0647. The molecule has 0 fully saturated rings. The van der Waals surface area contributed by atoms with E-state index >= 15 is 0 Å². The highest BCUT2D eigenvalue weighted by Crippen LogP contribution is 2.23. The first kappa shape index (κ1) is 2.32. The van der Waals surface area contributed by atoms with Gasteiger partial charge in [-0.15, -0.1) is 0 Å². The third-order valence-corrected chi connectivity index (χ3v) is 1.77. The van der Waals surface area contributed by atoms with E-state index in [-0.39, 0.29) is 4.47 Å². The lowest BCUT2D eigenvalue weighted by Crippen LogP contribution is -1.93. The van der Waals surface area contributed by atoms with E-state index < -0.39 is 37.6 Å². The van der Waals surface area contributed by atoms with Crippen molar-refractivity contribution in [3.05, 3.63) is 28.0 Å². The van der Waals surface area contributed by atoms with Crippen LogP contribution in [-0.2, 0) is 0 Å². The minimum Gasteiger partial charge on any atom is -0.263 e. The summed E-state index contributed by atoms with van der Waals surface area (Å²) in [7, 11) is 0. The molecule has 11 heavy (non-hydrogen) atoms. The van der Waals surface area contributed by atoms with E-state index in [1.54, 1.807) is 0 Å². The smallest absolute Gasteiger partial charge is 0.0413 e. The van der Waals surface area contributed by atoms with Crippen molar-refractivity contribution in [3.63, 3.8) is 0 Å². The van der Waals surface area contributed by atoms with Crippen LogP contribution in [0.5, 0.6) is 0 Å².